The van der Waals surface area contributed by atoms with Crippen LogP contribution < -0.4 is 11.1 Å². The second-order valence-electron chi connectivity index (χ2n) is 3.98. The van der Waals surface area contributed by atoms with E-state index in [1.54, 1.807) is 0 Å². The molecule has 5 nitrogen and oxygen atoms in total. The summed E-state index contributed by atoms with van der Waals surface area (Å²) in [6, 6.07) is 3.88. The molecule has 0 saturated heterocycles. The van der Waals surface area contributed by atoms with Gasteiger partial charge in [-0.25, -0.2) is 4.98 Å². The molecule has 90 valence electrons. The van der Waals surface area contributed by atoms with Crippen LogP contribution in [0, 0.1) is 13.8 Å². The maximum Gasteiger partial charge on any atom is 0.270 e. The van der Waals surface area contributed by atoms with Crippen LogP contribution in [0.15, 0.2) is 18.3 Å². The summed E-state index contributed by atoms with van der Waals surface area (Å²) in [6.07, 6.45) is 1.85. The predicted octanol–water partition coefficient (Wildman–Crippen LogP) is 0.640. The second kappa shape index (κ2) is 4.55. The first kappa shape index (κ1) is 11.6. The van der Waals surface area contributed by atoms with Crippen LogP contribution in [0.1, 0.15) is 21.7 Å². The fourth-order valence-electron chi connectivity index (χ4n) is 1.86. The zero-order chi connectivity index (χ0) is 12.4. The lowest BCUT2D eigenvalue weighted by molar-refractivity contribution is 0.0948. The normalized spacial score (nSPS) is 10.8. The van der Waals surface area contributed by atoms with Crippen molar-refractivity contribution in [3.63, 3.8) is 0 Å². The fourth-order valence-corrected chi connectivity index (χ4v) is 1.86. The van der Waals surface area contributed by atoms with E-state index in [1.165, 1.54) is 0 Å². The number of nitrogens with one attached hydrogen (secondary N) is 1. The number of aromatic nitrogens is 2. The maximum atomic E-state index is 12.0. The van der Waals surface area contributed by atoms with Gasteiger partial charge in [0.25, 0.3) is 5.91 Å². The van der Waals surface area contributed by atoms with Gasteiger partial charge in [-0.05, 0) is 25.5 Å². The molecule has 0 aliphatic carbocycles. The average Bonchev–Trinajstić information content (AvgIpc) is 2.64. The van der Waals surface area contributed by atoms with Gasteiger partial charge in [0.15, 0.2) is 0 Å². The molecule has 0 unspecified atom stereocenters. The molecular weight excluding hydrogens is 216 g/mol. The number of hydrogen-bond acceptors (Lipinski definition) is 3. The molecule has 2 heterocycles. The van der Waals surface area contributed by atoms with Gasteiger partial charge < -0.3 is 11.1 Å². The van der Waals surface area contributed by atoms with E-state index < -0.39 is 0 Å². The van der Waals surface area contributed by atoms with Gasteiger partial charge in [0.05, 0.1) is 5.69 Å². The number of imidazole rings is 1. The van der Waals surface area contributed by atoms with Crippen LogP contribution in [0.3, 0.4) is 0 Å². The van der Waals surface area contributed by atoms with Crippen molar-refractivity contribution >= 4 is 11.6 Å². The monoisotopic (exact) mass is 232 g/mol. The smallest absolute Gasteiger partial charge is 0.270 e. The molecule has 1 amide bonds. The fraction of sp³-hybridized carbons (Fsp3) is 0.333. The highest BCUT2D eigenvalue weighted by Gasteiger charge is 2.16. The zero-order valence-corrected chi connectivity index (χ0v) is 10.0. The van der Waals surface area contributed by atoms with Gasteiger partial charge in [-0.3, -0.25) is 9.20 Å². The SMILES string of the molecule is Cc1nc2c(C)cccn2c1C(=O)NCCN. The third-order valence-electron chi connectivity index (χ3n) is 2.66. The van der Waals surface area contributed by atoms with Crippen molar-refractivity contribution in [2.24, 2.45) is 5.73 Å². The molecular formula is C12H16N4O. The lowest BCUT2D eigenvalue weighted by Gasteiger charge is -2.04. The van der Waals surface area contributed by atoms with Crippen molar-refractivity contribution in [1.29, 1.82) is 0 Å². The number of pyridine rings is 1. The van der Waals surface area contributed by atoms with Gasteiger partial charge in [-0.15, -0.1) is 0 Å². The average molecular weight is 232 g/mol. The summed E-state index contributed by atoms with van der Waals surface area (Å²) in [5, 5.41) is 2.76. The number of aryl methyl sites for hydroxylation is 2. The number of fused-ring (bicyclic) bond motifs is 1. The molecule has 0 radical (unpaired) electrons. The molecule has 0 bridgehead atoms. The Morgan fingerprint density at radius 2 is 2.29 bits per heavy atom. The third kappa shape index (κ3) is 2.01. The molecule has 3 N–H and O–H groups in total. The number of nitrogens with zero attached hydrogens (tertiary/aromatic N) is 2. The van der Waals surface area contributed by atoms with Crippen LogP contribution in [0.4, 0.5) is 0 Å². The van der Waals surface area contributed by atoms with E-state index in [2.05, 4.69) is 10.3 Å². The Hall–Kier alpha value is -1.88. The molecule has 0 atom stereocenters. The molecule has 0 saturated carbocycles. The van der Waals surface area contributed by atoms with Crippen LogP contribution >= 0.6 is 0 Å². The number of amides is 1. The molecule has 2 rings (SSSR count). The van der Waals surface area contributed by atoms with Crippen molar-refractivity contribution in [1.82, 2.24) is 14.7 Å². The Morgan fingerprint density at radius 3 is 3.00 bits per heavy atom. The highest BCUT2D eigenvalue weighted by Crippen LogP contribution is 2.14. The van der Waals surface area contributed by atoms with Crippen molar-refractivity contribution in [3.05, 3.63) is 35.3 Å². The van der Waals surface area contributed by atoms with Gasteiger partial charge in [0, 0.05) is 19.3 Å². The molecule has 0 spiro atoms. The highest BCUT2D eigenvalue weighted by atomic mass is 16.1. The minimum Gasteiger partial charge on any atom is -0.349 e. The number of nitrogens with two attached hydrogens (primary N) is 1. The summed E-state index contributed by atoms with van der Waals surface area (Å²) in [5.74, 6) is -0.133. The number of rotatable bonds is 3. The Balaban J connectivity index is 2.50. The summed E-state index contributed by atoms with van der Waals surface area (Å²) >= 11 is 0. The first-order valence-electron chi connectivity index (χ1n) is 5.57. The minimum atomic E-state index is -0.133. The molecule has 2 aromatic rings. The predicted molar refractivity (Wildman–Crippen MR) is 66.1 cm³/mol. The highest BCUT2D eigenvalue weighted by molar-refractivity contribution is 5.94. The summed E-state index contributed by atoms with van der Waals surface area (Å²) in [7, 11) is 0. The van der Waals surface area contributed by atoms with Gasteiger partial charge in [-0.1, -0.05) is 6.07 Å². The lowest BCUT2D eigenvalue weighted by Crippen LogP contribution is -2.30. The summed E-state index contributed by atoms with van der Waals surface area (Å²) < 4.78 is 1.82. The van der Waals surface area contributed by atoms with Crippen molar-refractivity contribution in [2.45, 2.75) is 13.8 Å². The zero-order valence-electron chi connectivity index (χ0n) is 10.0. The molecule has 0 aliphatic heterocycles. The Bertz CT molecular complexity index is 559. The third-order valence-corrected chi connectivity index (χ3v) is 2.66. The first-order chi connectivity index (χ1) is 8.15. The lowest BCUT2D eigenvalue weighted by atomic mass is 10.3. The van der Waals surface area contributed by atoms with Crippen LogP contribution in [-0.4, -0.2) is 28.4 Å². The van der Waals surface area contributed by atoms with Crippen molar-refractivity contribution in [3.8, 4) is 0 Å². The first-order valence-corrected chi connectivity index (χ1v) is 5.57. The summed E-state index contributed by atoms with van der Waals surface area (Å²) in [5.41, 5.74) is 8.55. The van der Waals surface area contributed by atoms with Crippen LogP contribution in [0.2, 0.25) is 0 Å². The Kier molecular flexibility index (Phi) is 3.10. The van der Waals surface area contributed by atoms with Crippen LogP contribution in [0.5, 0.6) is 0 Å². The summed E-state index contributed by atoms with van der Waals surface area (Å²) in [6.45, 7) is 4.71. The van der Waals surface area contributed by atoms with Crippen molar-refractivity contribution < 1.29 is 4.79 Å². The molecule has 0 fully saturated rings. The molecule has 0 aliphatic rings. The van der Waals surface area contributed by atoms with Gasteiger partial charge >= 0.3 is 0 Å². The molecule has 5 heteroatoms. The summed E-state index contributed by atoms with van der Waals surface area (Å²) in [4.78, 5) is 16.4. The number of hydrogen-bond donors (Lipinski definition) is 2. The largest absolute Gasteiger partial charge is 0.349 e. The Morgan fingerprint density at radius 1 is 1.53 bits per heavy atom. The van der Waals surface area contributed by atoms with E-state index in [0.717, 1.165) is 16.9 Å². The van der Waals surface area contributed by atoms with Gasteiger partial charge in [0.1, 0.15) is 11.3 Å². The van der Waals surface area contributed by atoms with E-state index >= 15 is 0 Å². The van der Waals surface area contributed by atoms with E-state index in [-0.39, 0.29) is 5.91 Å². The molecule has 2 aromatic heterocycles. The van der Waals surface area contributed by atoms with E-state index in [0.29, 0.717) is 18.8 Å². The van der Waals surface area contributed by atoms with Crippen LogP contribution in [0.25, 0.3) is 5.65 Å². The molecule has 0 aromatic carbocycles. The van der Waals surface area contributed by atoms with E-state index in [4.69, 9.17) is 5.73 Å². The topological polar surface area (TPSA) is 72.4 Å². The van der Waals surface area contributed by atoms with E-state index in [9.17, 15) is 4.79 Å². The van der Waals surface area contributed by atoms with Gasteiger partial charge in [0.2, 0.25) is 0 Å². The number of carbonyl (C=O) groups is 1. The minimum absolute atomic E-state index is 0.133. The second-order valence-corrected chi connectivity index (χ2v) is 3.98. The van der Waals surface area contributed by atoms with Gasteiger partial charge in [-0.2, -0.15) is 0 Å². The standard InChI is InChI=1S/C12H16N4O/c1-8-4-3-7-16-10(9(2)15-11(8)16)12(17)14-6-5-13/h3-4,7H,5-6,13H2,1-2H3,(H,14,17). The Labute approximate surface area is 99.6 Å². The van der Waals surface area contributed by atoms with Crippen LogP contribution in [-0.2, 0) is 0 Å². The van der Waals surface area contributed by atoms with Crippen molar-refractivity contribution in [2.75, 3.05) is 13.1 Å². The molecule has 17 heavy (non-hydrogen) atoms. The quantitative estimate of drug-likeness (QED) is 0.815. The number of carbonyl (C=O) groups excluding carboxylic acids is 1. The van der Waals surface area contributed by atoms with E-state index in [1.807, 2.05) is 36.6 Å². The maximum absolute atomic E-state index is 12.0.